The van der Waals surface area contributed by atoms with Gasteiger partial charge in [0, 0.05) is 0 Å². The summed E-state index contributed by atoms with van der Waals surface area (Å²) in [6, 6.07) is 2.00. The highest BCUT2D eigenvalue weighted by Gasteiger charge is 2.54. The van der Waals surface area contributed by atoms with Gasteiger partial charge in [0.15, 0.2) is 0 Å². The van der Waals surface area contributed by atoms with Gasteiger partial charge in [-0.15, -0.1) is 0 Å². The van der Waals surface area contributed by atoms with Gasteiger partial charge in [-0.05, 0) is 56.7 Å². The lowest BCUT2D eigenvalue weighted by molar-refractivity contribution is -0.137. The Morgan fingerprint density at radius 3 is 2.65 bits per heavy atom. The second kappa shape index (κ2) is 6.87. The summed E-state index contributed by atoms with van der Waals surface area (Å²) in [5, 5.41) is 5.37. The fourth-order valence-electron chi connectivity index (χ4n) is 3.53. The van der Waals surface area contributed by atoms with Gasteiger partial charge in [0.25, 0.3) is 5.91 Å². The number of nitrogens with one attached hydrogen (secondary N) is 2. The van der Waals surface area contributed by atoms with Gasteiger partial charge in [-0.3, -0.25) is 9.59 Å². The number of benzene rings is 1. The lowest BCUT2D eigenvalue weighted by Gasteiger charge is -2.34. The number of anilines is 1. The standard InChI is InChI=1S/C18H21ClFN3O3/c1-10-5-7-18(8-6-10)16(25)23(17(26)22-18)11(2)15(24)21-14-4-3-12(20)9-13(14)19/h3-4,9-11H,5-8H2,1-2H3,(H,21,24)(H,22,26)/t10?,11-,18?/m1/s1. The zero-order chi connectivity index (χ0) is 19.1. The van der Waals surface area contributed by atoms with Crippen molar-refractivity contribution in [2.45, 2.75) is 51.1 Å². The van der Waals surface area contributed by atoms with E-state index in [1.807, 2.05) is 0 Å². The number of imide groups is 1. The van der Waals surface area contributed by atoms with Crippen molar-refractivity contribution in [1.29, 1.82) is 0 Å². The Bertz CT molecular complexity index is 762. The Kier molecular flexibility index (Phi) is 4.92. The molecule has 2 N–H and O–H groups in total. The first-order valence-corrected chi connectivity index (χ1v) is 9.03. The molecule has 0 aromatic heterocycles. The molecule has 1 aliphatic heterocycles. The quantitative estimate of drug-likeness (QED) is 0.788. The highest BCUT2D eigenvalue weighted by molar-refractivity contribution is 6.33. The molecule has 3 rings (SSSR count). The van der Waals surface area contributed by atoms with Gasteiger partial charge in [0.1, 0.15) is 17.4 Å². The summed E-state index contributed by atoms with van der Waals surface area (Å²) in [6.07, 6.45) is 2.86. The fourth-order valence-corrected chi connectivity index (χ4v) is 3.75. The summed E-state index contributed by atoms with van der Waals surface area (Å²) in [7, 11) is 0. The number of urea groups is 1. The van der Waals surface area contributed by atoms with Crippen molar-refractivity contribution < 1.29 is 18.8 Å². The second-order valence-corrected chi connectivity index (χ2v) is 7.57. The number of carbonyl (C=O) groups excluding carboxylic acids is 3. The first kappa shape index (κ1) is 18.6. The van der Waals surface area contributed by atoms with Crippen molar-refractivity contribution >= 4 is 35.1 Å². The van der Waals surface area contributed by atoms with Gasteiger partial charge in [-0.25, -0.2) is 14.1 Å². The number of rotatable bonds is 3. The third-order valence-electron chi connectivity index (χ3n) is 5.28. The maximum absolute atomic E-state index is 13.1. The molecule has 1 aromatic carbocycles. The summed E-state index contributed by atoms with van der Waals surface area (Å²) in [6.45, 7) is 3.60. The second-order valence-electron chi connectivity index (χ2n) is 7.16. The van der Waals surface area contributed by atoms with Crippen LogP contribution in [0.4, 0.5) is 14.9 Å². The molecule has 1 heterocycles. The monoisotopic (exact) mass is 381 g/mol. The highest BCUT2D eigenvalue weighted by Crippen LogP contribution is 2.37. The fraction of sp³-hybridized carbons (Fsp3) is 0.500. The van der Waals surface area contributed by atoms with Gasteiger partial charge < -0.3 is 10.6 Å². The van der Waals surface area contributed by atoms with E-state index in [0.717, 1.165) is 29.9 Å². The Morgan fingerprint density at radius 1 is 1.38 bits per heavy atom. The van der Waals surface area contributed by atoms with Crippen molar-refractivity contribution in [2.75, 3.05) is 5.32 Å². The van der Waals surface area contributed by atoms with E-state index in [-0.39, 0.29) is 16.6 Å². The predicted molar refractivity (Wildman–Crippen MR) is 95.2 cm³/mol. The topological polar surface area (TPSA) is 78.5 Å². The molecule has 2 aliphatic rings. The number of carbonyl (C=O) groups is 3. The van der Waals surface area contributed by atoms with E-state index >= 15 is 0 Å². The van der Waals surface area contributed by atoms with Crippen LogP contribution in [0.2, 0.25) is 5.02 Å². The van der Waals surface area contributed by atoms with E-state index in [1.54, 1.807) is 0 Å². The van der Waals surface area contributed by atoms with Gasteiger partial charge in [-0.2, -0.15) is 0 Å². The Hall–Kier alpha value is -2.15. The largest absolute Gasteiger partial charge is 0.325 e. The molecule has 0 unspecified atom stereocenters. The van der Waals surface area contributed by atoms with Crippen molar-refractivity contribution in [3.8, 4) is 0 Å². The molecule has 140 valence electrons. The molecule has 1 atom stereocenters. The van der Waals surface area contributed by atoms with E-state index in [2.05, 4.69) is 17.6 Å². The molecule has 1 spiro atoms. The SMILES string of the molecule is CC1CCC2(CC1)NC(=O)N([C@H](C)C(=O)Nc1ccc(F)cc1Cl)C2=O. The van der Waals surface area contributed by atoms with Crippen LogP contribution < -0.4 is 10.6 Å². The van der Waals surface area contributed by atoms with Gasteiger partial charge in [-0.1, -0.05) is 18.5 Å². The number of hydrogen-bond acceptors (Lipinski definition) is 3. The van der Waals surface area contributed by atoms with Crippen LogP contribution in [-0.2, 0) is 9.59 Å². The number of hydrogen-bond donors (Lipinski definition) is 2. The van der Waals surface area contributed by atoms with Crippen molar-refractivity contribution in [2.24, 2.45) is 5.92 Å². The molecule has 0 bridgehead atoms. The average Bonchev–Trinajstić information content (AvgIpc) is 2.82. The van der Waals surface area contributed by atoms with E-state index in [1.165, 1.54) is 13.0 Å². The lowest BCUT2D eigenvalue weighted by Crippen LogP contribution is -2.51. The summed E-state index contributed by atoms with van der Waals surface area (Å²) in [4.78, 5) is 38.8. The smallest absolute Gasteiger partial charge is 0.323 e. The minimum absolute atomic E-state index is 0.0421. The molecule has 8 heteroatoms. The molecule has 1 saturated heterocycles. The predicted octanol–water partition coefficient (Wildman–Crippen LogP) is 3.31. The summed E-state index contributed by atoms with van der Waals surface area (Å²) in [5.41, 5.74) is -0.677. The maximum atomic E-state index is 13.1. The molecule has 1 aliphatic carbocycles. The third kappa shape index (κ3) is 3.28. The van der Waals surface area contributed by atoms with Crippen LogP contribution >= 0.6 is 11.6 Å². The van der Waals surface area contributed by atoms with Crippen LogP contribution in [0.3, 0.4) is 0 Å². The first-order valence-electron chi connectivity index (χ1n) is 8.65. The number of halogens is 2. The van der Waals surface area contributed by atoms with Crippen LogP contribution in [0.5, 0.6) is 0 Å². The van der Waals surface area contributed by atoms with Crippen LogP contribution in [0.1, 0.15) is 39.5 Å². The van der Waals surface area contributed by atoms with Crippen molar-refractivity contribution in [3.63, 3.8) is 0 Å². The molecule has 4 amide bonds. The van der Waals surface area contributed by atoms with Crippen molar-refractivity contribution in [3.05, 3.63) is 29.0 Å². The van der Waals surface area contributed by atoms with Gasteiger partial charge >= 0.3 is 6.03 Å². The number of amides is 4. The Balaban J connectivity index is 1.74. The van der Waals surface area contributed by atoms with E-state index in [9.17, 15) is 18.8 Å². The molecule has 26 heavy (non-hydrogen) atoms. The molecule has 1 aromatic rings. The third-order valence-corrected chi connectivity index (χ3v) is 5.59. The molecule has 1 saturated carbocycles. The number of nitrogens with zero attached hydrogens (tertiary/aromatic N) is 1. The summed E-state index contributed by atoms with van der Waals surface area (Å²) in [5.74, 6) is -0.935. The maximum Gasteiger partial charge on any atom is 0.325 e. The van der Waals surface area contributed by atoms with Crippen LogP contribution in [0.15, 0.2) is 18.2 Å². The Morgan fingerprint density at radius 2 is 2.04 bits per heavy atom. The molecular weight excluding hydrogens is 361 g/mol. The zero-order valence-corrected chi connectivity index (χ0v) is 15.4. The van der Waals surface area contributed by atoms with Crippen LogP contribution in [0, 0.1) is 11.7 Å². The normalized spacial score (nSPS) is 26.8. The van der Waals surface area contributed by atoms with Crippen LogP contribution in [-0.4, -0.2) is 34.3 Å². The van der Waals surface area contributed by atoms with Crippen molar-refractivity contribution in [1.82, 2.24) is 10.2 Å². The lowest BCUT2D eigenvalue weighted by atomic mass is 9.77. The van der Waals surface area contributed by atoms with Gasteiger partial charge in [0.2, 0.25) is 5.91 Å². The zero-order valence-electron chi connectivity index (χ0n) is 14.6. The minimum atomic E-state index is -1.01. The minimum Gasteiger partial charge on any atom is -0.323 e. The van der Waals surface area contributed by atoms with E-state index < -0.39 is 29.3 Å². The first-order chi connectivity index (χ1) is 12.2. The highest BCUT2D eigenvalue weighted by atomic mass is 35.5. The summed E-state index contributed by atoms with van der Waals surface area (Å²) >= 11 is 5.91. The average molecular weight is 382 g/mol. The molecular formula is C18H21ClFN3O3. The van der Waals surface area contributed by atoms with E-state index in [4.69, 9.17) is 11.6 Å². The molecule has 0 radical (unpaired) electrons. The molecule has 2 fully saturated rings. The van der Waals surface area contributed by atoms with E-state index in [0.29, 0.717) is 18.8 Å². The van der Waals surface area contributed by atoms with Gasteiger partial charge in [0.05, 0.1) is 10.7 Å². The Labute approximate surface area is 156 Å². The van der Waals surface area contributed by atoms with Crippen LogP contribution in [0.25, 0.3) is 0 Å². The molecule has 6 nitrogen and oxygen atoms in total. The summed E-state index contributed by atoms with van der Waals surface area (Å²) < 4.78 is 13.1.